The Labute approximate surface area is 108 Å². The van der Waals surface area contributed by atoms with E-state index in [9.17, 15) is 0 Å². The van der Waals surface area contributed by atoms with Crippen molar-refractivity contribution in [2.24, 2.45) is 10.8 Å². The quantitative estimate of drug-likeness (QED) is 0.639. The highest BCUT2D eigenvalue weighted by Gasteiger charge is 2.32. The molecule has 0 aromatic carbocycles. The van der Waals surface area contributed by atoms with Crippen LogP contribution in [0.1, 0.15) is 41.5 Å². The van der Waals surface area contributed by atoms with E-state index in [1.807, 2.05) is 0 Å². The standard InChI is InChI=1S/C15H30N2/c1-14(2,3)12-11-16(7)9-10-17(8)13(12)15(4,5)6/h9-11H2,1-8H3. The fraction of sp³-hybridized carbons (Fsp3) is 0.867. The number of allylic oxidation sites excluding steroid dienone is 1. The lowest BCUT2D eigenvalue weighted by atomic mass is 9.78. The lowest BCUT2D eigenvalue weighted by Crippen LogP contribution is -2.31. The van der Waals surface area contributed by atoms with Gasteiger partial charge in [-0.15, -0.1) is 0 Å². The van der Waals surface area contributed by atoms with Gasteiger partial charge in [-0.3, -0.25) is 0 Å². The van der Waals surface area contributed by atoms with E-state index >= 15 is 0 Å². The SMILES string of the molecule is CN1CCN(C)C(C(C)(C)C)=C(C(C)(C)C)C1. The maximum absolute atomic E-state index is 2.46. The van der Waals surface area contributed by atoms with Gasteiger partial charge in [-0.25, -0.2) is 0 Å². The fourth-order valence-electron chi connectivity index (χ4n) is 2.70. The Bertz CT molecular complexity index is 302. The molecule has 0 unspecified atom stereocenters. The van der Waals surface area contributed by atoms with Gasteiger partial charge in [0.2, 0.25) is 0 Å². The molecule has 1 aliphatic rings. The normalized spacial score (nSPS) is 20.8. The van der Waals surface area contributed by atoms with Gasteiger partial charge in [-0.1, -0.05) is 41.5 Å². The van der Waals surface area contributed by atoms with Crippen molar-refractivity contribution in [2.75, 3.05) is 33.7 Å². The van der Waals surface area contributed by atoms with Crippen LogP contribution >= 0.6 is 0 Å². The third kappa shape index (κ3) is 3.48. The number of rotatable bonds is 0. The summed E-state index contributed by atoms with van der Waals surface area (Å²) < 4.78 is 0. The van der Waals surface area contributed by atoms with Gasteiger partial charge in [0.1, 0.15) is 0 Å². The minimum atomic E-state index is 0.225. The molecule has 1 rings (SSSR count). The molecule has 2 nitrogen and oxygen atoms in total. The summed E-state index contributed by atoms with van der Waals surface area (Å²) in [7, 11) is 4.47. The van der Waals surface area contributed by atoms with E-state index in [1.54, 1.807) is 5.57 Å². The number of hydrogen-bond donors (Lipinski definition) is 0. The predicted octanol–water partition coefficient (Wildman–Crippen LogP) is 3.21. The van der Waals surface area contributed by atoms with Crippen LogP contribution < -0.4 is 0 Å². The Kier molecular flexibility index (Phi) is 3.97. The molecule has 0 saturated heterocycles. The zero-order valence-corrected chi connectivity index (χ0v) is 13.0. The second kappa shape index (κ2) is 4.64. The van der Waals surface area contributed by atoms with E-state index < -0.39 is 0 Å². The van der Waals surface area contributed by atoms with Crippen molar-refractivity contribution >= 4 is 0 Å². The molecule has 1 aliphatic heterocycles. The summed E-state index contributed by atoms with van der Waals surface area (Å²) in [5, 5.41) is 0. The molecule has 0 N–H and O–H groups in total. The molecule has 0 aliphatic carbocycles. The van der Waals surface area contributed by atoms with Gasteiger partial charge in [0.25, 0.3) is 0 Å². The van der Waals surface area contributed by atoms with Gasteiger partial charge in [0.05, 0.1) is 0 Å². The molecule has 2 heteroatoms. The highest BCUT2D eigenvalue weighted by Crippen LogP contribution is 2.39. The van der Waals surface area contributed by atoms with Crippen LogP contribution in [0, 0.1) is 10.8 Å². The lowest BCUT2D eigenvalue weighted by molar-refractivity contribution is 0.287. The van der Waals surface area contributed by atoms with Gasteiger partial charge >= 0.3 is 0 Å². The first-order valence-corrected chi connectivity index (χ1v) is 6.67. The molecule has 100 valence electrons. The van der Waals surface area contributed by atoms with Crippen LogP contribution in [0.25, 0.3) is 0 Å². The Balaban J connectivity index is 3.32. The Morgan fingerprint density at radius 1 is 0.824 bits per heavy atom. The van der Waals surface area contributed by atoms with Crippen molar-refractivity contribution in [2.45, 2.75) is 41.5 Å². The first kappa shape index (κ1) is 14.6. The van der Waals surface area contributed by atoms with E-state index in [0.717, 1.165) is 19.6 Å². The van der Waals surface area contributed by atoms with Crippen LogP contribution in [-0.2, 0) is 0 Å². The topological polar surface area (TPSA) is 6.48 Å². The molecule has 0 radical (unpaired) electrons. The van der Waals surface area contributed by atoms with Gasteiger partial charge in [0.15, 0.2) is 0 Å². The van der Waals surface area contributed by atoms with Crippen molar-refractivity contribution in [1.29, 1.82) is 0 Å². The van der Waals surface area contributed by atoms with Crippen LogP contribution in [0.4, 0.5) is 0 Å². The summed E-state index contributed by atoms with van der Waals surface area (Å²) in [5.74, 6) is 0. The fourth-order valence-corrected chi connectivity index (χ4v) is 2.70. The van der Waals surface area contributed by atoms with Gasteiger partial charge in [-0.2, -0.15) is 0 Å². The van der Waals surface area contributed by atoms with Gasteiger partial charge < -0.3 is 9.80 Å². The molecule has 0 bridgehead atoms. The molecule has 0 saturated carbocycles. The van der Waals surface area contributed by atoms with Gasteiger partial charge in [-0.05, 0) is 18.0 Å². The van der Waals surface area contributed by atoms with Crippen molar-refractivity contribution in [3.63, 3.8) is 0 Å². The maximum atomic E-state index is 2.46. The average Bonchev–Trinajstić information content (AvgIpc) is 2.23. The van der Waals surface area contributed by atoms with Crippen molar-refractivity contribution < 1.29 is 0 Å². The number of nitrogens with zero attached hydrogens (tertiary/aromatic N) is 2. The van der Waals surface area contributed by atoms with Crippen molar-refractivity contribution in [3.8, 4) is 0 Å². The molecule has 0 spiro atoms. The molecule has 0 aromatic heterocycles. The Morgan fingerprint density at radius 2 is 1.35 bits per heavy atom. The smallest absolute Gasteiger partial charge is 0.0299 e. The minimum Gasteiger partial charge on any atom is -0.376 e. The highest BCUT2D eigenvalue weighted by atomic mass is 15.2. The Morgan fingerprint density at radius 3 is 1.76 bits per heavy atom. The van der Waals surface area contributed by atoms with Crippen LogP contribution in [-0.4, -0.2) is 43.5 Å². The van der Waals surface area contributed by atoms with E-state index in [4.69, 9.17) is 0 Å². The third-order valence-corrected chi connectivity index (χ3v) is 3.53. The highest BCUT2D eigenvalue weighted by molar-refractivity contribution is 5.26. The third-order valence-electron chi connectivity index (χ3n) is 3.53. The van der Waals surface area contributed by atoms with E-state index in [-0.39, 0.29) is 10.8 Å². The maximum Gasteiger partial charge on any atom is 0.0299 e. The molecular formula is C15H30N2. The first-order chi connectivity index (χ1) is 7.53. The Hall–Kier alpha value is -0.500. The zero-order chi connectivity index (χ0) is 13.4. The summed E-state index contributed by atoms with van der Waals surface area (Å²) in [4.78, 5) is 4.90. The van der Waals surface area contributed by atoms with Crippen molar-refractivity contribution in [3.05, 3.63) is 11.3 Å². The van der Waals surface area contributed by atoms with E-state index in [2.05, 4.69) is 65.4 Å². The summed E-state index contributed by atoms with van der Waals surface area (Å²) in [5.41, 5.74) is 3.60. The van der Waals surface area contributed by atoms with Crippen molar-refractivity contribution in [1.82, 2.24) is 9.80 Å². The lowest BCUT2D eigenvalue weighted by Gasteiger charge is -2.37. The van der Waals surface area contributed by atoms with Crippen LogP contribution in [0.5, 0.6) is 0 Å². The first-order valence-electron chi connectivity index (χ1n) is 6.67. The molecule has 17 heavy (non-hydrogen) atoms. The molecule has 0 aromatic rings. The number of likely N-dealkylation sites (N-methyl/N-ethyl adjacent to an activating group) is 2. The zero-order valence-electron chi connectivity index (χ0n) is 13.0. The van der Waals surface area contributed by atoms with Crippen LogP contribution in [0.3, 0.4) is 0 Å². The molecule has 1 heterocycles. The van der Waals surface area contributed by atoms with Crippen LogP contribution in [0.2, 0.25) is 0 Å². The average molecular weight is 238 g/mol. The van der Waals surface area contributed by atoms with E-state index in [1.165, 1.54) is 5.70 Å². The summed E-state index contributed by atoms with van der Waals surface area (Å²) in [6.45, 7) is 17.4. The second-order valence-electron chi connectivity index (χ2n) is 7.49. The second-order valence-corrected chi connectivity index (χ2v) is 7.49. The molecule has 0 fully saturated rings. The van der Waals surface area contributed by atoms with Gasteiger partial charge in [0, 0.05) is 37.8 Å². The molecular weight excluding hydrogens is 208 g/mol. The minimum absolute atomic E-state index is 0.225. The van der Waals surface area contributed by atoms with Crippen LogP contribution in [0.15, 0.2) is 11.3 Å². The predicted molar refractivity (Wildman–Crippen MR) is 76.1 cm³/mol. The van der Waals surface area contributed by atoms with E-state index in [0.29, 0.717) is 0 Å². The largest absolute Gasteiger partial charge is 0.376 e. The molecule has 0 amide bonds. The monoisotopic (exact) mass is 238 g/mol. The summed E-state index contributed by atoms with van der Waals surface area (Å²) >= 11 is 0. The molecule has 0 atom stereocenters. The summed E-state index contributed by atoms with van der Waals surface area (Å²) in [6, 6.07) is 0. The summed E-state index contributed by atoms with van der Waals surface area (Å²) in [6.07, 6.45) is 0. The number of hydrogen-bond acceptors (Lipinski definition) is 2.